The molecule has 0 bridgehead atoms. The number of amides is 1. The molecular formula is C16H23NO6S. The number of hydrogen-bond donors (Lipinski definition) is 1. The quantitative estimate of drug-likeness (QED) is 0.787. The number of sulfone groups is 1. The highest BCUT2D eigenvalue weighted by molar-refractivity contribution is 7.91. The van der Waals surface area contributed by atoms with Crippen molar-refractivity contribution in [3.8, 4) is 17.2 Å². The van der Waals surface area contributed by atoms with Crippen molar-refractivity contribution >= 4 is 15.7 Å². The summed E-state index contributed by atoms with van der Waals surface area (Å²) in [6, 6.07) is 3.45. The molecule has 1 aliphatic rings. The van der Waals surface area contributed by atoms with Crippen molar-refractivity contribution in [2.24, 2.45) is 5.92 Å². The summed E-state index contributed by atoms with van der Waals surface area (Å²) in [4.78, 5) is 12.1. The maximum atomic E-state index is 12.1. The Kier molecular flexibility index (Phi) is 5.93. The summed E-state index contributed by atoms with van der Waals surface area (Å²) in [6.45, 7) is 0.266. The Morgan fingerprint density at radius 1 is 1.12 bits per heavy atom. The standard InChI is InChI=1S/C16H23NO6S/c1-21-13-8-15(23-3)14(22-2)7-12(13)9-17-16(18)6-11-4-5-24(19,20)10-11/h7-8,11H,4-6,9-10H2,1-3H3,(H,17,18)/t11-/m1/s1. The molecule has 1 aromatic carbocycles. The molecule has 1 aliphatic heterocycles. The first kappa shape index (κ1) is 18.4. The van der Waals surface area contributed by atoms with E-state index in [1.165, 1.54) is 21.3 Å². The molecule has 7 nitrogen and oxygen atoms in total. The van der Waals surface area contributed by atoms with E-state index in [1.54, 1.807) is 12.1 Å². The van der Waals surface area contributed by atoms with E-state index >= 15 is 0 Å². The fourth-order valence-electron chi connectivity index (χ4n) is 2.79. The summed E-state index contributed by atoms with van der Waals surface area (Å²) in [5.74, 6) is 1.67. The van der Waals surface area contributed by atoms with Gasteiger partial charge in [-0.1, -0.05) is 0 Å². The van der Waals surface area contributed by atoms with Crippen LogP contribution in [0.1, 0.15) is 18.4 Å². The molecule has 0 unspecified atom stereocenters. The van der Waals surface area contributed by atoms with Crippen LogP contribution in [-0.4, -0.2) is 47.2 Å². The summed E-state index contributed by atoms with van der Waals surface area (Å²) in [6.07, 6.45) is 0.768. The van der Waals surface area contributed by atoms with Gasteiger partial charge in [-0.2, -0.15) is 0 Å². The van der Waals surface area contributed by atoms with E-state index in [9.17, 15) is 13.2 Å². The molecule has 0 saturated carbocycles. The zero-order valence-corrected chi connectivity index (χ0v) is 14.9. The largest absolute Gasteiger partial charge is 0.496 e. The van der Waals surface area contributed by atoms with Crippen LogP contribution >= 0.6 is 0 Å². The van der Waals surface area contributed by atoms with Crippen molar-refractivity contribution < 1.29 is 27.4 Å². The lowest BCUT2D eigenvalue weighted by molar-refractivity contribution is -0.122. The highest BCUT2D eigenvalue weighted by atomic mass is 32.2. The van der Waals surface area contributed by atoms with Gasteiger partial charge in [-0.25, -0.2) is 8.42 Å². The lowest BCUT2D eigenvalue weighted by Crippen LogP contribution is -2.25. The summed E-state index contributed by atoms with van der Waals surface area (Å²) in [5, 5.41) is 2.81. The van der Waals surface area contributed by atoms with Gasteiger partial charge in [0.05, 0.1) is 32.8 Å². The monoisotopic (exact) mass is 357 g/mol. The molecule has 8 heteroatoms. The van der Waals surface area contributed by atoms with Gasteiger partial charge < -0.3 is 19.5 Å². The van der Waals surface area contributed by atoms with Gasteiger partial charge in [0.1, 0.15) is 5.75 Å². The fourth-order valence-corrected chi connectivity index (χ4v) is 4.65. The average molecular weight is 357 g/mol. The molecule has 0 radical (unpaired) electrons. The molecule has 1 heterocycles. The number of carbonyl (C=O) groups is 1. The van der Waals surface area contributed by atoms with Crippen molar-refractivity contribution in [2.75, 3.05) is 32.8 Å². The Balaban J connectivity index is 1.99. The Hall–Kier alpha value is -1.96. The van der Waals surface area contributed by atoms with E-state index in [-0.39, 0.29) is 36.3 Å². The van der Waals surface area contributed by atoms with Crippen LogP contribution in [0.5, 0.6) is 17.2 Å². The summed E-state index contributed by atoms with van der Waals surface area (Å²) in [7, 11) is 1.64. The number of ether oxygens (including phenoxy) is 3. The second-order valence-electron chi connectivity index (χ2n) is 5.77. The lowest BCUT2D eigenvalue weighted by atomic mass is 10.0. The predicted molar refractivity (Wildman–Crippen MR) is 89.3 cm³/mol. The van der Waals surface area contributed by atoms with Gasteiger partial charge in [0, 0.05) is 24.6 Å². The fraction of sp³-hybridized carbons (Fsp3) is 0.562. The van der Waals surface area contributed by atoms with E-state index in [4.69, 9.17) is 14.2 Å². The molecular weight excluding hydrogens is 334 g/mol. The first-order chi connectivity index (χ1) is 11.4. The van der Waals surface area contributed by atoms with E-state index in [0.717, 1.165) is 5.56 Å². The molecule has 1 atom stereocenters. The summed E-state index contributed by atoms with van der Waals surface area (Å²) >= 11 is 0. The number of nitrogens with one attached hydrogen (secondary N) is 1. The smallest absolute Gasteiger partial charge is 0.220 e. The van der Waals surface area contributed by atoms with Crippen LogP contribution in [0.15, 0.2) is 12.1 Å². The van der Waals surface area contributed by atoms with E-state index in [2.05, 4.69) is 5.32 Å². The van der Waals surface area contributed by atoms with Gasteiger partial charge >= 0.3 is 0 Å². The van der Waals surface area contributed by atoms with Gasteiger partial charge in [-0.15, -0.1) is 0 Å². The minimum atomic E-state index is -2.97. The van der Waals surface area contributed by atoms with Crippen molar-refractivity contribution in [1.29, 1.82) is 0 Å². The highest BCUT2D eigenvalue weighted by Gasteiger charge is 2.29. The molecule has 0 aromatic heterocycles. The predicted octanol–water partition coefficient (Wildman–Crippen LogP) is 1.15. The van der Waals surface area contributed by atoms with Crippen LogP contribution in [0.3, 0.4) is 0 Å². The third kappa shape index (κ3) is 4.53. The number of methoxy groups -OCH3 is 3. The molecule has 1 N–H and O–H groups in total. The maximum Gasteiger partial charge on any atom is 0.220 e. The SMILES string of the molecule is COc1cc(OC)c(OC)cc1CNC(=O)C[C@H]1CCS(=O)(=O)C1. The van der Waals surface area contributed by atoms with Crippen LogP contribution in [0, 0.1) is 5.92 Å². The number of carbonyl (C=O) groups excluding carboxylic acids is 1. The Bertz CT molecular complexity index is 701. The minimum absolute atomic E-state index is 0.0951. The van der Waals surface area contributed by atoms with Crippen LogP contribution in [0.4, 0.5) is 0 Å². The molecule has 1 amide bonds. The lowest BCUT2D eigenvalue weighted by Gasteiger charge is -2.15. The van der Waals surface area contributed by atoms with E-state index in [0.29, 0.717) is 23.7 Å². The van der Waals surface area contributed by atoms with Crippen LogP contribution in [-0.2, 0) is 21.2 Å². The normalized spacial score (nSPS) is 18.9. The zero-order chi connectivity index (χ0) is 17.7. The van der Waals surface area contributed by atoms with Gasteiger partial charge in [0.2, 0.25) is 5.91 Å². The van der Waals surface area contributed by atoms with Gasteiger partial charge in [0.15, 0.2) is 21.3 Å². The van der Waals surface area contributed by atoms with Gasteiger partial charge in [-0.05, 0) is 18.4 Å². The first-order valence-electron chi connectivity index (χ1n) is 7.64. The molecule has 1 saturated heterocycles. The van der Waals surface area contributed by atoms with Crippen LogP contribution < -0.4 is 19.5 Å². The van der Waals surface area contributed by atoms with Crippen molar-refractivity contribution in [1.82, 2.24) is 5.32 Å². The molecule has 0 spiro atoms. The van der Waals surface area contributed by atoms with Gasteiger partial charge in [-0.3, -0.25) is 4.79 Å². The summed E-state index contributed by atoms with van der Waals surface area (Å²) in [5.41, 5.74) is 0.752. The van der Waals surface area contributed by atoms with Crippen LogP contribution in [0.25, 0.3) is 0 Å². The third-order valence-corrected chi connectivity index (χ3v) is 5.90. The van der Waals surface area contributed by atoms with Crippen molar-refractivity contribution in [2.45, 2.75) is 19.4 Å². The van der Waals surface area contributed by atoms with E-state index < -0.39 is 9.84 Å². The minimum Gasteiger partial charge on any atom is -0.496 e. The third-order valence-electron chi connectivity index (χ3n) is 4.06. The van der Waals surface area contributed by atoms with Crippen LogP contribution in [0.2, 0.25) is 0 Å². The molecule has 1 fully saturated rings. The summed E-state index contributed by atoms with van der Waals surface area (Å²) < 4.78 is 38.7. The molecule has 0 aliphatic carbocycles. The number of benzene rings is 1. The topological polar surface area (TPSA) is 90.9 Å². The average Bonchev–Trinajstić information content (AvgIpc) is 2.90. The van der Waals surface area contributed by atoms with Crippen molar-refractivity contribution in [3.05, 3.63) is 17.7 Å². The molecule has 2 rings (SSSR count). The first-order valence-corrected chi connectivity index (χ1v) is 9.46. The number of hydrogen-bond acceptors (Lipinski definition) is 6. The van der Waals surface area contributed by atoms with Crippen molar-refractivity contribution in [3.63, 3.8) is 0 Å². The zero-order valence-electron chi connectivity index (χ0n) is 14.1. The van der Waals surface area contributed by atoms with E-state index in [1.807, 2.05) is 0 Å². The molecule has 1 aromatic rings. The Labute approximate surface area is 142 Å². The molecule has 24 heavy (non-hydrogen) atoms. The maximum absolute atomic E-state index is 12.1. The second kappa shape index (κ2) is 7.74. The molecule has 134 valence electrons. The highest BCUT2D eigenvalue weighted by Crippen LogP contribution is 2.34. The Morgan fingerprint density at radius 2 is 1.75 bits per heavy atom. The van der Waals surface area contributed by atoms with Gasteiger partial charge in [0.25, 0.3) is 0 Å². The second-order valence-corrected chi connectivity index (χ2v) is 8.00. The number of rotatable bonds is 7. The Morgan fingerprint density at radius 3 is 2.29 bits per heavy atom.